The monoisotopic (exact) mass is 829 g/mol. The molecule has 8 heteroatoms. The number of rotatable bonds is 16. The molecule has 7 rings (SSSR count). The quantitative estimate of drug-likeness (QED) is 0.0956. The molecule has 0 spiro atoms. The topological polar surface area (TPSA) is 96.7 Å². The fraction of sp³-hybridized carbons (Fsp3) is 0.392. The first-order valence-electron chi connectivity index (χ1n) is 21.0. The van der Waals surface area contributed by atoms with Gasteiger partial charge in [-0.3, -0.25) is 4.79 Å². The fourth-order valence-corrected chi connectivity index (χ4v) is 10.7. The predicted octanol–water partition coefficient (Wildman–Crippen LogP) is 12.3. The molecule has 2 N–H and O–H groups in total. The third-order valence-corrected chi connectivity index (χ3v) is 14.8. The number of aliphatic carboxylic acids is 1. The first-order chi connectivity index (χ1) is 28.2. The summed E-state index contributed by atoms with van der Waals surface area (Å²) in [6, 6.07) is 36.3. The highest BCUT2D eigenvalue weighted by Gasteiger charge is 2.46. The van der Waals surface area contributed by atoms with Crippen molar-refractivity contribution >= 4 is 58.4 Å². The van der Waals surface area contributed by atoms with Crippen LogP contribution in [0.15, 0.2) is 109 Å². The minimum absolute atomic E-state index is 0.0465. The number of aliphatic hydroxyl groups is 1. The number of carboxylic acid groups (broad SMARTS) is 1. The van der Waals surface area contributed by atoms with Gasteiger partial charge in [0.25, 0.3) is 0 Å². The summed E-state index contributed by atoms with van der Waals surface area (Å²) < 4.78 is 6.40. The predicted molar refractivity (Wildman–Crippen MR) is 241 cm³/mol. The van der Waals surface area contributed by atoms with Crippen molar-refractivity contribution in [2.45, 2.75) is 101 Å². The number of thioether (sulfide) groups is 1. The van der Waals surface area contributed by atoms with Gasteiger partial charge in [0.15, 0.2) is 5.60 Å². The molecule has 1 aromatic heterocycles. The molecule has 0 unspecified atom stereocenters. The Morgan fingerprint density at radius 2 is 1.68 bits per heavy atom. The summed E-state index contributed by atoms with van der Waals surface area (Å²) in [6.07, 6.45) is 9.87. The smallest absolute Gasteiger partial charge is 0.342 e. The lowest BCUT2D eigenvalue weighted by Crippen LogP contribution is -2.46. The number of esters is 1. The van der Waals surface area contributed by atoms with E-state index in [0.717, 1.165) is 77.6 Å². The van der Waals surface area contributed by atoms with Crippen molar-refractivity contribution in [1.29, 1.82) is 0 Å². The van der Waals surface area contributed by atoms with Crippen molar-refractivity contribution in [3.05, 3.63) is 148 Å². The summed E-state index contributed by atoms with van der Waals surface area (Å²) in [7, 11) is 0. The number of halogens is 1. The molecule has 0 saturated heterocycles. The molecule has 0 radical (unpaired) electrons. The Morgan fingerprint density at radius 3 is 2.44 bits per heavy atom. The van der Waals surface area contributed by atoms with E-state index in [0.29, 0.717) is 22.9 Å². The van der Waals surface area contributed by atoms with Gasteiger partial charge in [-0.05, 0) is 114 Å². The lowest BCUT2D eigenvalue weighted by atomic mass is 9.64. The summed E-state index contributed by atoms with van der Waals surface area (Å²) in [5, 5.41) is 23.5. The number of hydrogen-bond acceptors (Lipinski definition) is 6. The van der Waals surface area contributed by atoms with Crippen LogP contribution in [0.25, 0.3) is 23.1 Å². The van der Waals surface area contributed by atoms with E-state index in [-0.39, 0.29) is 34.5 Å². The van der Waals surface area contributed by atoms with Crippen LogP contribution in [0.5, 0.6) is 0 Å². The molecule has 1 heterocycles. The maximum atomic E-state index is 14.2. The molecule has 4 aromatic carbocycles. The molecule has 5 aromatic rings. The van der Waals surface area contributed by atoms with Gasteiger partial charge >= 0.3 is 11.9 Å². The number of carbonyl (C=O) groups excluding carboxylic acids is 1. The summed E-state index contributed by atoms with van der Waals surface area (Å²) >= 11 is 8.05. The van der Waals surface area contributed by atoms with Gasteiger partial charge in [-0.25, -0.2) is 9.78 Å². The van der Waals surface area contributed by atoms with E-state index < -0.39 is 17.5 Å². The van der Waals surface area contributed by atoms with Gasteiger partial charge < -0.3 is 14.9 Å². The summed E-state index contributed by atoms with van der Waals surface area (Å²) in [6.45, 7) is 8.26. The van der Waals surface area contributed by atoms with Crippen molar-refractivity contribution in [3.63, 3.8) is 0 Å². The van der Waals surface area contributed by atoms with E-state index in [2.05, 4.69) is 75.4 Å². The largest absolute Gasteiger partial charge is 0.481 e. The second kappa shape index (κ2) is 18.0. The van der Waals surface area contributed by atoms with Gasteiger partial charge in [0.1, 0.15) is 6.10 Å². The second-order valence-electron chi connectivity index (χ2n) is 17.8. The van der Waals surface area contributed by atoms with Gasteiger partial charge in [0.05, 0.1) is 17.6 Å². The first-order valence-corrected chi connectivity index (χ1v) is 22.4. The van der Waals surface area contributed by atoms with Gasteiger partial charge in [0.2, 0.25) is 0 Å². The third-order valence-electron chi connectivity index (χ3n) is 12.9. The lowest BCUT2D eigenvalue weighted by Gasteiger charge is -2.44. The van der Waals surface area contributed by atoms with Crippen LogP contribution < -0.4 is 0 Å². The molecule has 0 amide bonds. The lowest BCUT2D eigenvalue weighted by molar-refractivity contribution is -0.177. The van der Waals surface area contributed by atoms with Crippen LogP contribution in [-0.2, 0) is 31.8 Å². The highest BCUT2D eigenvalue weighted by atomic mass is 35.5. The summed E-state index contributed by atoms with van der Waals surface area (Å²) in [5.41, 5.74) is 4.26. The Bertz CT molecular complexity index is 2300. The Hall–Kier alpha value is -4.43. The van der Waals surface area contributed by atoms with Gasteiger partial charge in [-0.1, -0.05) is 136 Å². The molecule has 308 valence electrons. The first kappa shape index (κ1) is 42.7. The average Bonchev–Trinajstić information content (AvgIpc) is 3.98. The van der Waals surface area contributed by atoms with Crippen LogP contribution in [0, 0.1) is 17.3 Å². The van der Waals surface area contributed by atoms with E-state index in [1.54, 1.807) is 6.92 Å². The molecule has 5 atom stereocenters. The molecule has 0 aliphatic heterocycles. The SMILES string of the molecule is C[C@H]1CC[C@@H](C(C)(C)c2ccccc2)[C@H](OC(=O)[C@@](C)(O)c2ccccc2CC[C@@H](SCC2(CC(=O)O)CC2)c2cccc(/C=C/c3ccc4ccc(Cl)cc4n3)c2)C1. The molecular weight excluding hydrogens is 774 g/mol. The van der Waals surface area contributed by atoms with Crippen molar-refractivity contribution in [3.8, 4) is 0 Å². The van der Waals surface area contributed by atoms with E-state index in [4.69, 9.17) is 21.3 Å². The average molecular weight is 831 g/mol. The third kappa shape index (κ3) is 10.3. The molecule has 6 nitrogen and oxygen atoms in total. The number of carboxylic acids is 1. The normalized spacial score (nSPS) is 20.5. The molecule has 2 aliphatic rings. The molecular formula is C51H56ClNO5S. The minimum Gasteiger partial charge on any atom is -0.481 e. The van der Waals surface area contributed by atoms with Crippen molar-refractivity contribution < 1.29 is 24.5 Å². The van der Waals surface area contributed by atoms with Crippen molar-refractivity contribution in [2.24, 2.45) is 17.3 Å². The van der Waals surface area contributed by atoms with E-state index in [9.17, 15) is 19.8 Å². The van der Waals surface area contributed by atoms with Crippen LogP contribution >= 0.6 is 23.4 Å². The zero-order valence-corrected chi connectivity index (χ0v) is 36.1. The molecule has 0 bridgehead atoms. The molecule has 2 fully saturated rings. The number of aryl methyl sites for hydroxylation is 1. The van der Waals surface area contributed by atoms with Crippen LogP contribution in [0.3, 0.4) is 0 Å². The number of hydrogen-bond donors (Lipinski definition) is 2. The van der Waals surface area contributed by atoms with E-state index >= 15 is 0 Å². The summed E-state index contributed by atoms with van der Waals surface area (Å²) in [4.78, 5) is 30.8. The van der Waals surface area contributed by atoms with Crippen LogP contribution in [0.4, 0.5) is 0 Å². The van der Waals surface area contributed by atoms with Crippen molar-refractivity contribution in [1.82, 2.24) is 4.98 Å². The Kier molecular flexibility index (Phi) is 13.1. The molecule has 2 aliphatic carbocycles. The van der Waals surface area contributed by atoms with Crippen LogP contribution in [0.1, 0.15) is 111 Å². The number of pyridine rings is 1. The van der Waals surface area contributed by atoms with Gasteiger partial charge in [-0.15, -0.1) is 0 Å². The number of ether oxygens (including phenoxy) is 1. The number of benzene rings is 4. The Balaban J connectivity index is 1.10. The van der Waals surface area contributed by atoms with Crippen LogP contribution in [0.2, 0.25) is 5.02 Å². The molecule has 2 saturated carbocycles. The standard InChI is InChI=1S/C51H56ClNO5S/c1-34-17-25-43(49(2,3)39-14-6-5-7-15-39)45(29-34)58-48(56)50(4,57)42-16-9-8-12-36(42)21-26-46(59-33-51(27-28-51)32-47(54)55)38-13-10-11-35(30-38)18-23-41-24-20-37-19-22-40(52)31-44(37)53-41/h5-16,18-20,22-24,30-31,34,43,45-46,57H,17,21,25-29,32-33H2,1-4H3,(H,54,55)/b23-18+/t34-,43+,45+,46+,50-/m0/s1. The Labute approximate surface area is 358 Å². The minimum atomic E-state index is -1.85. The maximum absolute atomic E-state index is 14.2. The highest BCUT2D eigenvalue weighted by Crippen LogP contribution is 2.53. The number of fused-ring (bicyclic) bond motifs is 1. The maximum Gasteiger partial charge on any atom is 0.342 e. The molecule has 59 heavy (non-hydrogen) atoms. The van der Waals surface area contributed by atoms with E-state index in [1.165, 1.54) is 5.56 Å². The second-order valence-corrected chi connectivity index (χ2v) is 19.4. The summed E-state index contributed by atoms with van der Waals surface area (Å²) in [5.74, 6) is -0.0943. The number of nitrogens with zero attached hydrogens (tertiary/aromatic N) is 1. The van der Waals surface area contributed by atoms with Crippen LogP contribution in [-0.4, -0.2) is 39.0 Å². The van der Waals surface area contributed by atoms with Gasteiger partial charge in [0, 0.05) is 27.3 Å². The highest BCUT2D eigenvalue weighted by molar-refractivity contribution is 7.99. The van der Waals surface area contributed by atoms with E-state index in [1.807, 2.05) is 78.5 Å². The fourth-order valence-electron chi connectivity index (χ4n) is 8.97. The Morgan fingerprint density at radius 1 is 0.932 bits per heavy atom. The zero-order valence-electron chi connectivity index (χ0n) is 34.6. The van der Waals surface area contributed by atoms with Gasteiger partial charge in [-0.2, -0.15) is 11.8 Å². The zero-order chi connectivity index (χ0) is 41.8. The number of aromatic nitrogens is 1. The van der Waals surface area contributed by atoms with Crippen molar-refractivity contribution in [2.75, 3.05) is 5.75 Å². The number of carbonyl (C=O) groups is 2.